The first-order valence-corrected chi connectivity index (χ1v) is 9.42. The molecule has 4 heteroatoms. The minimum Gasteiger partial charge on any atom is -0.346 e. The number of fused-ring (bicyclic) bond motifs is 1. The smallest absolute Gasteiger partial charge is 0.224 e. The molecule has 4 fully saturated rings. The Kier molecular flexibility index (Phi) is 3.22. The Balaban J connectivity index is 1.33. The standard InChI is InChI=1S/C20H25N3O/c1-11(19-22-16-4-2-3-5-17(16)23-19)21-20(24)18-14-7-12-6-13(9-14)10-15(18)8-12/h2-5,11-15,18H,6-10H2,1H3,(H,21,24)(H,22,23). The van der Waals surface area contributed by atoms with E-state index in [4.69, 9.17) is 0 Å². The van der Waals surface area contributed by atoms with Gasteiger partial charge in [-0.25, -0.2) is 4.98 Å². The molecule has 2 N–H and O–H groups in total. The molecule has 1 unspecified atom stereocenters. The highest BCUT2D eigenvalue weighted by atomic mass is 16.2. The van der Waals surface area contributed by atoms with Crippen molar-refractivity contribution in [2.45, 2.75) is 45.1 Å². The number of amides is 1. The third-order valence-corrected chi connectivity index (χ3v) is 6.71. The second kappa shape index (κ2) is 5.33. The molecular weight excluding hydrogens is 298 g/mol. The molecule has 1 aromatic carbocycles. The number of carbonyl (C=O) groups is 1. The van der Waals surface area contributed by atoms with Crippen LogP contribution < -0.4 is 5.32 Å². The maximum atomic E-state index is 13.0. The topological polar surface area (TPSA) is 57.8 Å². The molecule has 0 spiro atoms. The first-order chi connectivity index (χ1) is 11.7. The number of aromatic nitrogens is 2. The van der Waals surface area contributed by atoms with Gasteiger partial charge in [0.2, 0.25) is 5.91 Å². The minimum atomic E-state index is -0.0675. The number of imidazole rings is 1. The molecule has 1 atom stereocenters. The minimum absolute atomic E-state index is 0.0675. The highest BCUT2D eigenvalue weighted by Crippen LogP contribution is 2.56. The van der Waals surface area contributed by atoms with Crippen LogP contribution in [-0.2, 0) is 4.79 Å². The van der Waals surface area contributed by atoms with Gasteiger partial charge in [0.25, 0.3) is 0 Å². The van der Waals surface area contributed by atoms with Crippen LogP contribution in [0.4, 0.5) is 0 Å². The van der Waals surface area contributed by atoms with Gasteiger partial charge in [-0.05, 0) is 74.8 Å². The van der Waals surface area contributed by atoms with Crippen LogP contribution >= 0.6 is 0 Å². The fraction of sp³-hybridized carbons (Fsp3) is 0.600. The van der Waals surface area contributed by atoms with Crippen molar-refractivity contribution in [3.05, 3.63) is 30.1 Å². The molecular formula is C20H25N3O. The number of aromatic amines is 1. The van der Waals surface area contributed by atoms with E-state index < -0.39 is 0 Å². The van der Waals surface area contributed by atoms with Gasteiger partial charge in [-0.3, -0.25) is 4.79 Å². The van der Waals surface area contributed by atoms with Gasteiger partial charge in [0.1, 0.15) is 5.82 Å². The quantitative estimate of drug-likeness (QED) is 0.902. The molecule has 4 saturated carbocycles. The summed E-state index contributed by atoms with van der Waals surface area (Å²) in [6, 6.07) is 7.95. The van der Waals surface area contributed by atoms with Crippen molar-refractivity contribution < 1.29 is 4.79 Å². The molecule has 4 bridgehead atoms. The normalized spacial score (nSPS) is 35.3. The zero-order chi connectivity index (χ0) is 16.3. The van der Waals surface area contributed by atoms with E-state index in [2.05, 4.69) is 15.3 Å². The van der Waals surface area contributed by atoms with Crippen molar-refractivity contribution in [3.8, 4) is 0 Å². The fourth-order valence-electron chi connectivity index (χ4n) is 5.91. The van der Waals surface area contributed by atoms with Crippen LogP contribution in [0.15, 0.2) is 24.3 Å². The molecule has 126 valence electrons. The Labute approximate surface area is 142 Å². The Morgan fingerprint density at radius 2 is 1.79 bits per heavy atom. The molecule has 4 aliphatic rings. The summed E-state index contributed by atoms with van der Waals surface area (Å²) in [6.07, 6.45) is 6.55. The highest BCUT2D eigenvalue weighted by molar-refractivity contribution is 5.80. The van der Waals surface area contributed by atoms with E-state index in [1.807, 2.05) is 31.2 Å². The molecule has 0 aliphatic heterocycles. The molecule has 24 heavy (non-hydrogen) atoms. The largest absolute Gasteiger partial charge is 0.346 e. The van der Waals surface area contributed by atoms with Crippen molar-refractivity contribution >= 4 is 16.9 Å². The maximum Gasteiger partial charge on any atom is 0.224 e. The summed E-state index contributed by atoms with van der Waals surface area (Å²) >= 11 is 0. The van der Waals surface area contributed by atoms with Crippen LogP contribution in [-0.4, -0.2) is 15.9 Å². The Morgan fingerprint density at radius 1 is 1.12 bits per heavy atom. The van der Waals surface area contributed by atoms with Crippen molar-refractivity contribution in [2.24, 2.45) is 29.6 Å². The van der Waals surface area contributed by atoms with E-state index in [1.54, 1.807) is 0 Å². The van der Waals surface area contributed by atoms with Crippen molar-refractivity contribution in [1.29, 1.82) is 0 Å². The SMILES string of the molecule is CC(NC(=O)C1C2CC3CC(C2)CC1C3)c1nc2ccccc2[nH]1. The van der Waals surface area contributed by atoms with Gasteiger partial charge in [0.05, 0.1) is 17.1 Å². The Morgan fingerprint density at radius 3 is 2.46 bits per heavy atom. The summed E-state index contributed by atoms with van der Waals surface area (Å²) in [5.74, 6) is 4.43. The maximum absolute atomic E-state index is 13.0. The fourth-order valence-corrected chi connectivity index (χ4v) is 5.91. The number of hydrogen-bond donors (Lipinski definition) is 2. The van der Waals surface area contributed by atoms with Crippen molar-refractivity contribution in [2.75, 3.05) is 0 Å². The zero-order valence-corrected chi connectivity index (χ0v) is 14.2. The number of carbonyl (C=O) groups excluding carboxylic acids is 1. The number of para-hydroxylation sites is 2. The van der Waals surface area contributed by atoms with Crippen LogP contribution in [0.5, 0.6) is 0 Å². The predicted octanol–water partition coefficient (Wildman–Crippen LogP) is 3.81. The van der Waals surface area contributed by atoms with E-state index in [-0.39, 0.29) is 17.9 Å². The summed E-state index contributed by atoms with van der Waals surface area (Å²) in [7, 11) is 0. The van der Waals surface area contributed by atoms with Gasteiger partial charge in [-0.1, -0.05) is 12.1 Å². The number of benzene rings is 1. The molecule has 4 nitrogen and oxygen atoms in total. The monoisotopic (exact) mass is 323 g/mol. The summed E-state index contributed by atoms with van der Waals surface area (Å²) in [5.41, 5.74) is 1.99. The van der Waals surface area contributed by atoms with Crippen molar-refractivity contribution in [3.63, 3.8) is 0 Å². The van der Waals surface area contributed by atoms with Crippen LogP contribution in [0.25, 0.3) is 11.0 Å². The second-order valence-electron chi connectivity index (χ2n) is 8.33. The predicted molar refractivity (Wildman–Crippen MR) is 93.2 cm³/mol. The lowest BCUT2D eigenvalue weighted by atomic mass is 9.51. The highest BCUT2D eigenvalue weighted by Gasteiger charge is 2.50. The lowest BCUT2D eigenvalue weighted by Gasteiger charge is -2.53. The lowest BCUT2D eigenvalue weighted by molar-refractivity contribution is -0.138. The number of H-pyrrole nitrogens is 1. The van der Waals surface area contributed by atoms with E-state index in [0.29, 0.717) is 11.8 Å². The van der Waals surface area contributed by atoms with Crippen LogP contribution in [0.2, 0.25) is 0 Å². The number of hydrogen-bond acceptors (Lipinski definition) is 2. The van der Waals surface area contributed by atoms with Crippen LogP contribution in [0, 0.1) is 29.6 Å². The molecule has 1 aromatic heterocycles. The van der Waals surface area contributed by atoms with E-state index in [0.717, 1.165) is 28.7 Å². The van der Waals surface area contributed by atoms with Gasteiger partial charge in [-0.15, -0.1) is 0 Å². The van der Waals surface area contributed by atoms with Crippen LogP contribution in [0.3, 0.4) is 0 Å². The summed E-state index contributed by atoms with van der Waals surface area (Å²) in [5, 5.41) is 3.25. The van der Waals surface area contributed by atoms with Gasteiger partial charge < -0.3 is 10.3 Å². The molecule has 0 radical (unpaired) electrons. The Hall–Kier alpha value is -1.84. The zero-order valence-electron chi connectivity index (χ0n) is 14.2. The van der Waals surface area contributed by atoms with Crippen LogP contribution in [0.1, 0.15) is 50.9 Å². The number of rotatable bonds is 3. The summed E-state index contributed by atoms with van der Waals surface area (Å²) < 4.78 is 0. The summed E-state index contributed by atoms with van der Waals surface area (Å²) in [6.45, 7) is 2.03. The van der Waals surface area contributed by atoms with Crippen molar-refractivity contribution in [1.82, 2.24) is 15.3 Å². The molecule has 6 rings (SSSR count). The first kappa shape index (κ1) is 14.5. The lowest BCUT2D eigenvalue weighted by Crippen LogP contribution is -2.51. The third kappa shape index (κ3) is 2.27. The van der Waals surface area contributed by atoms with E-state index in [1.165, 1.54) is 32.1 Å². The average Bonchev–Trinajstić information content (AvgIpc) is 2.98. The molecule has 2 aromatic rings. The second-order valence-corrected chi connectivity index (χ2v) is 8.33. The Bertz CT molecular complexity index is 719. The third-order valence-electron chi connectivity index (χ3n) is 6.71. The van der Waals surface area contributed by atoms with Gasteiger partial charge in [0, 0.05) is 5.92 Å². The van der Waals surface area contributed by atoms with Gasteiger partial charge in [0.15, 0.2) is 0 Å². The summed E-state index contributed by atoms with van der Waals surface area (Å²) in [4.78, 5) is 21.0. The first-order valence-electron chi connectivity index (χ1n) is 9.42. The molecule has 1 heterocycles. The molecule has 4 aliphatic carbocycles. The average molecular weight is 323 g/mol. The number of nitrogens with zero attached hydrogens (tertiary/aromatic N) is 1. The number of nitrogens with one attached hydrogen (secondary N) is 2. The van der Waals surface area contributed by atoms with E-state index >= 15 is 0 Å². The van der Waals surface area contributed by atoms with E-state index in [9.17, 15) is 4.79 Å². The molecule has 0 saturated heterocycles. The van der Waals surface area contributed by atoms with Gasteiger partial charge >= 0.3 is 0 Å². The van der Waals surface area contributed by atoms with Gasteiger partial charge in [-0.2, -0.15) is 0 Å². The molecule has 1 amide bonds.